The van der Waals surface area contributed by atoms with E-state index in [9.17, 15) is 9.32 Å². The van der Waals surface area contributed by atoms with Gasteiger partial charge in [-0.25, -0.2) is 18.0 Å². The summed E-state index contributed by atoms with van der Waals surface area (Å²) in [5.41, 5.74) is 6.05. The average molecular weight is 780 g/mol. The van der Waals surface area contributed by atoms with Gasteiger partial charge in [-0.3, -0.25) is 9.58 Å². The molecule has 2 radical (unpaired) electrons. The number of rotatable bonds is 12. The van der Waals surface area contributed by atoms with Crippen LogP contribution < -0.4 is 21.1 Å². The Morgan fingerprint density at radius 3 is 2.57 bits per heavy atom. The van der Waals surface area contributed by atoms with Gasteiger partial charge in [0.2, 0.25) is 11.6 Å². The molecule has 0 amide bonds. The zero-order valence-corrected chi connectivity index (χ0v) is 31.9. The molecule has 0 aliphatic carbocycles. The lowest BCUT2D eigenvalue weighted by Gasteiger charge is -2.42. The van der Waals surface area contributed by atoms with Gasteiger partial charge in [0, 0.05) is 60.3 Å². The molecule has 0 bridgehead atoms. The Balaban J connectivity index is 1.06. The number of aromatic nitrogens is 6. The molecule has 2 unspecified atom stereocenters. The number of hydrogen-bond donors (Lipinski definition) is 5. The van der Waals surface area contributed by atoms with Crippen LogP contribution in [0.4, 0.5) is 26.2 Å². The van der Waals surface area contributed by atoms with Crippen molar-refractivity contribution in [1.29, 1.82) is 5.41 Å². The lowest BCUT2D eigenvalue weighted by Crippen LogP contribution is -2.50. The second kappa shape index (κ2) is 15.4. The van der Waals surface area contributed by atoms with Crippen molar-refractivity contribution >= 4 is 64.4 Å². The number of nitrogens with one attached hydrogen (secondary N) is 3. The van der Waals surface area contributed by atoms with E-state index in [1.54, 1.807) is 49.3 Å². The quantitative estimate of drug-likeness (QED) is 0.0820. The fourth-order valence-electron chi connectivity index (χ4n) is 7.00. The van der Waals surface area contributed by atoms with E-state index in [1.165, 1.54) is 33.9 Å². The number of ether oxygens (including phenoxy) is 1. The van der Waals surface area contributed by atoms with Crippen LogP contribution >= 0.6 is 0 Å². The van der Waals surface area contributed by atoms with Gasteiger partial charge in [-0.1, -0.05) is 18.2 Å². The van der Waals surface area contributed by atoms with E-state index in [1.807, 2.05) is 19.9 Å². The standard InChI is InChI=1S/C38H40BF2N11O3S/c1-21(2)55-34-32(23(18-42)19-43)45-20-52-36(34)47-37(49-52)46-30-11-8-26(17-29(30)40)56(54)25-7-5-6-24(16-25)38(39,53)51-14-12-22(13-15-51)27-9-10-28-33(31(27)41)50(4)48-35(28)44-3/h5-11,16-22,42,53H,12-15,43H2,1-4H3,(H,44,48)(H,46,49)/b23-19+,42-18?. The highest BCUT2D eigenvalue weighted by Crippen LogP contribution is 2.38. The second-order valence-electron chi connectivity index (χ2n) is 13.7. The Kier molecular flexibility index (Phi) is 10.6. The minimum Gasteiger partial charge on any atom is -0.485 e. The van der Waals surface area contributed by atoms with E-state index >= 15 is 8.78 Å². The molecule has 1 fully saturated rings. The second-order valence-corrected chi connectivity index (χ2v) is 15.2. The van der Waals surface area contributed by atoms with E-state index < -0.39 is 22.2 Å². The van der Waals surface area contributed by atoms with Crippen molar-refractivity contribution in [3.63, 3.8) is 0 Å². The van der Waals surface area contributed by atoms with Crippen molar-refractivity contribution in [1.82, 2.24) is 34.3 Å². The number of hydrogen-bond acceptors (Lipinski definition) is 12. The van der Waals surface area contributed by atoms with Gasteiger partial charge in [0.25, 0.3) is 0 Å². The molecule has 6 aromatic rings. The molecule has 4 heterocycles. The molecule has 1 aliphatic rings. The summed E-state index contributed by atoms with van der Waals surface area (Å²) in [4.78, 5) is 11.0. The average Bonchev–Trinajstić information content (AvgIpc) is 3.76. The van der Waals surface area contributed by atoms with Crippen molar-refractivity contribution in [3.8, 4) is 5.75 Å². The maximum atomic E-state index is 15.8. The zero-order chi connectivity index (χ0) is 39.9. The minimum atomic E-state index is -1.91. The topological polar surface area (TPSA) is 185 Å². The van der Waals surface area contributed by atoms with Crippen LogP contribution in [0.3, 0.4) is 0 Å². The summed E-state index contributed by atoms with van der Waals surface area (Å²) in [5.74, 6) is -0.199. The van der Waals surface area contributed by atoms with E-state index in [-0.39, 0.29) is 45.8 Å². The summed E-state index contributed by atoms with van der Waals surface area (Å²) >= 11 is 0. The number of anilines is 3. The monoisotopic (exact) mass is 779 g/mol. The molecule has 1 aliphatic heterocycles. The van der Waals surface area contributed by atoms with Gasteiger partial charge in [-0.05, 0) is 80.1 Å². The number of fused-ring (bicyclic) bond motifs is 2. The van der Waals surface area contributed by atoms with E-state index in [2.05, 4.69) is 30.8 Å². The highest BCUT2D eigenvalue weighted by atomic mass is 32.2. The lowest BCUT2D eigenvalue weighted by molar-refractivity contribution is -0.0552. The summed E-state index contributed by atoms with van der Waals surface area (Å²) in [7, 11) is 8.16. The number of piperidine rings is 1. The first-order chi connectivity index (χ1) is 26.8. The van der Waals surface area contributed by atoms with Crippen LogP contribution in [0.1, 0.15) is 49.4 Å². The number of halogens is 2. The molecule has 0 spiro atoms. The number of aryl methyl sites for hydroxylation is 1. The molecule has 6 N–H and O–H groups in total. The summed E-state index contributed by atoms with van der Waals surface area (Å²) in [6, 6.07) is 14.2. The molecule has 0 saturated carbocycles. The Morgan fingerprint density at radius 1 is 1.14 bits per heavy atom. The zero-order valence-electron chi connectivity index (χ0n) is 31.1. The number of benzene rings is 3. The van der Waals surface area contributed by atoms with Gasteiger partial charge in [0.15, 0.2) is 17.4 Å². The van der Waals surface area contributed by atoms with Crippen LogP contribution in [-0.4, -0.2) is 83.9 Å². The van der Waals surface area contributed by atoms with E-state index in [0.29, 0.717) is 69.9 Å². The predicted molar refractivity (Wildman–Crippen MR) is 212 cm³/mol. The van der Waals surface area contributed by atoms with Crippen molar-refractivity contribution in [2.24, 2.45) is 12.8 Å². The summed E-state index contributed by atoms with van der Waals surface area (Å²) in [6.07, 6.45) is 4.51. The van der Waals surface area contributed by atoms with Crippen LogP contribution in [0.2, 0.25) is 0 Å². The smallest absolute Gasteiger partial charge is 0.247 e. The number of nitrogens with zero attached hydrogens (tertiary/aromatic N) is 7. The first-order valence-electron chi connectivity index (χ1n) is 17.9. The van der Waals surface area contributed by atoms with Crippen molar-refractivity contribution in [2.45, 2.75) is 54.1 Å². The molecule has 2 atom stereocenters. The molecular formula is C38H40BF2N11O3S. The Labute approximate surface area is 325 Å². The molecule has 14 nitrogen and oxygen atoms in total. The third kappa shape index (κ3) is 7.10. The molecule has 56 heavy (non-hydrogen) atoms. The van der Waals surface area contributed by atoms with Gasteiger partial charge < -0.3 is 31.6 Å². The van der Waals surface area contributed by atoms with Crippen LogP contribution in [-0.2, 0) is 23.5 Å². The van der Waals surface area contributed by atoms with Gasteiger partial charge in [0.1, 0.15) is 31.2 Å². The van der Waals surface area contributed by atoms with Crippen molar-refractivity contribution in [3.05, 3.63) is 95.6 Å². The summed E-state index contributed by atoms with van der Waals surface area (Å²) in [5, 5.41) is 34.6. The number of likely N-dealkylation sites (tertiary alicyclic amines) is 1. The molecule has 18 heteroatoms. The van der Waals surface area contributed by atoms with E-state index in [0.717, 1.165) is 12.3 Å². The first-order valence-corrected chi connectivity index (χ1v) is 19.0. The first kappa shape index (κ1) is 38.6. The Hall–Kier alpha value is -5.72. The summed E-state index contributed by atoms with van der Waals surface area (Å²) in [6.45, 7) is 4.42. The molecule has 3 aromatic heterocycles. The van der Waals surface area contributed by atoms with Crippen LogP contribution in [0.5, 0.6) is 5.75 Å². The van der Waals surface area contributed by atoms with Crippen LogP contribution in [0.25, 0.3) is 22.1 Å². The SMILES string of the molecule is [B]C(O)(c1cccc(S(=O)c2ccc(Nc3nc4c(OC(C)C)c(/C(C=N)=C/N)ncn4n3)c(F)c2)c1)N1CCC(c2ccc3c(NC)nn(C)c3c2F)CC1. The fraction of sp³-hybridized carbons (Fsp3) is 0.289. The maximum Gasteiger partial charge on any atom is 0.247 e. The normalized spacial score (nSPS) is 16.0. The Bertz CT molecular complexity index is 2510. The third-order valence-electron chi connectivity index (χ3n) is 9.81. The summed E-state index contributed by atoms with van der Waals surface area (Å²) < 4.78 is 53.9. The van der Waals surface area contributed by atoms with Gasteiger partial charge >= 0.3 is 0 Å². The highest BCUT2D eigenvalue weighted by Gasteiger charge is 2.35. The van der Waals surface area contributed by atoms with Gasteiger partial charge in [-0.15, -0.1) is 5.10 Å². The van der Waals surface area contributed by atoms with Gasteiger partial charge in [-0.2, -0.15) is 14.6 Å². The molecule has 7 rings (SSSR count). The number of aliphatic hydroxyl groups is 1. The fourth-order valence-corrected chi connectivity index (χ4v) is 8.11. The molecule has 3 aromatic carbocycles. The van der Waals surface area contributed by atoms with Crippen LogP contribution in [0, 0.1) is 17.0 Å². The number of nitrogens with two attached hydrogens (primary N) is 1. The minimum absolute atomic E-state index is 0.0273. The highest BCUT2D eigenvalue weighted by molar-refractivity contribution is 7.85. The third-order valence-corrected chi connectivity index (χ3v) is 11.2. The lowest BCUT2D eigenvalue weighted by atomic mass is 9.79. The maximum absolute atomic E-state index is 15.8. The van der Waals surface area contributed by atoms with E-state index in [4.69, 9.17) is 23.7 Å². The molecule has 288 valence electrons. The Morgan fingerprint density at radius 2 is 1.89 bits per heavy atom. The van der Waals surface area contributed by atoms with Gasteiger partial charge in [0.05, 0.1) is 28.2 Å². The largest absolute Gasteiger partial charge is 0.485 e. The predicted octanol–water partition coefficient (Wildman–Crippen LogP) is 5.13. The van der Waals surface area contributed by atoms with Crippen LogP contribution in [0.15, 0.2) is 76.9 Å². The van der Waals surface area contributed by atoms with Crippen molar-refractivity contribution in [2.75, 3.05) is 30.8 Å². The number of allylic oxidation sites excluding steroid dienone is 1. The molecule has 1 saturated heterocycles. The van der Waals surface area contributed by atoms with Crippen molar-refractivity contribution < 1.29 is 22.8 Å². The molecular weight excluding hydrogens is 739 g/mol.